The monoisotopic (exact) mass is 608 g/mol. The first kappa shape index (κ1) is 27.3. The molecule has 8 nitrogen and oxygen atoms in total. The molecule has 206 valence electrons. The number of fused-ring (bicyclic) bond motifs is 2. The first-order valence-corrected chi connectivity index (χ1v) is 13.0. The molecule has 5 rings (SSSR count). The summed E-state index contributed by atoms with van der Waals surface area (Å²) in [5, 5.41) is 11.5. The van der Waals surface area contributed by atoms with E-state index in [0.29, 0.717) is 28.7 Å². The van der Waals surface area contributed by atoms with Gasteiger partial charge >= 0.3 is 12.3 Å². The Kier molecular flexibility index (Phi) is 7.00. The highest BCUT2D eigenvalue weighted by molar-refractivity contribution is 9.10. The molecule has 1 N–H and O–H groups in total. The number of nitrogens with zero attached hydrogens (tertiary/aromatic N) is 5. The van der Waals surface area contributed by atoms with Gasteiger partial charge in [0.05, 0.1) is 9.99 Å². The quantitative estimate of drug-likeness (QED) is 0.284. The summed E-state index contributed by atoms with van der Waals surface area (Å²) in [6, 6.07) is 6.61. The Balaban J connectivity index is 1.45. The topological polar surface area (TPSA) is 84.6 Å². The number of rotatable bonds is 4. The average Bonchev–Trinajstić information content (AvgIpc) is 3.44. The van der Waals surface area contributed by atoms with Crippen molar-refractivity contribution in [2.75, 3.05) is 13.1 Å². The molecule has 0 unspecified atom stereocenters. The van der Waals surface area contributed by atoms with Gasteiger partial charge in [0.15, 0.2) is 11.5 Å². The number of ether oxygens (including phenoxy) is 1. The molecule has 1 amide bonds. The summed E-state index contributed by atoms with van der Waals surface area (Å²) < 4.78 is 64.1. The summed E-state index contributed by atoms with van der Waals surface area (Å²) in [6.45, 7) is 5.29. The number of amides is 1. The largest absolute Gasteiger partial charge is 0.444 e. The number of hydrogen-bond donors (Lipinski definition) is 1. The molecule has 0 saturated carbocycles. The Morgan fingerprint density at radius 1 is 1.15 bits per heavy atom. The van der Waals surface area contributed by atoms with Crippen molar-refractivity contribution in [2.45, 2.75) is 51.1 Å². The van der Waals surface area contributed by atoms with Crippen molar-refractivity contribution in [3.05, 3.63) is 58.4 Å². The minimum atomic E-state index is -4.58. The standard InChI is InChI=1S/C26H25BrF4N6O2/c1-25(2,3)39-24(38)32-16-8-9-36(13-16)22(26(29,30)31)15-5-7-21-34-35-23(37(21)12-15)19-6-4-14-10-18(28)17(27)11-20(14)33-19/h4-7,10-12,16,22H,8-9,13H2,1-3H3,(H,32,38)/t16-,22+/m0/s1. The van der Waals surface area contributed by atoms with Gasteiger partial charge in [0.25, 0.3) is 0 Å². The fraction of sp³-hybridized carbons (Fsp3) is 0.385. The number of benzene rings is 1. The van der Waals surface area contributed by atoms with Crippen molar-refractivity contribution in [3.8, 4) is 11.5 Å². The third kappa shape index (κ3) is 5.83. The van der Waals surface area contributed by atoms with E-state index in [1.165, 1.54) is 39.8 Å². The fourth-order valence-electron chi connectivity index (χ4n) is 4.71. The van der Waals surface area contributed by atoms with E-state index in [9.17, 15) is 22.4 Å². The molecule has 4 aromatic rings. The van der Waals surface area contributed by atoms with E-state index in [1.807, 2.05) is 0 Å². The van der Waals surface area contributed by atoms with E-state index in [-0.39, 0.29) is 29.0 Å². The number of nitrogens with one attached hydrogen (secondary N) is 1. The Morgan fingerprint density at radius 3 is 2.64 bits per heavy atom. The fourth-order valence-corrected chi connectivity index (χ4v) is 5.04. The Morgan fingerprint density at radius 2 is 1.92 bits per heavy atom. The van der Waals surface area contributed by atoms with Gasteiger partial charge in [0.2, 0.25) is 0 Å². The highest BCUT2D eigenvalue weighted by Gasteiger charge is 2.47. The highest BCUT2D eigenvalue weighted by atomic mass is 79.9. The van der Waals surface area contributed by atoms with Gasteiger partial charge in [-0.25, -0.2) is 14.2 Å². The van der Waals surface area contributed by atoms with Crippen LogP contribution < -0.4 is 5.32 Å². The van der Waals surface area contributed by atoms with E-state index in [0.717, 1.165) is 0 Å². The number of aromatic nitrogens is 4. The van der Waals surface area contributed by atoms with Crippen LogP contribution in [0.2, 0.25) is 0 Å². The molecule has 39 heavy (non-hydrogen) atoms. The molecule has 1 fully saturated rings. The van der Waals surface area contributed by atoms with Gasteiger partial charge in [0, 0.05) is 30.7 Å². The molecule has 0 radical (unpaired) electrons. The first-order valence-electron chi connectivity index (χ1n) is 12.2. The van der Waals surface area contributed by atoms with E-state index in [2.05, 4.69) is 36.4 Å². The van der Waals surface area contributed by atoms with Gasteiger partial charge in [-0.3, -0.25) is 9.30 Å². The van der Waals surface area contributed by atoms with Crippen LogP contribution in [0.1, 0.15) is 38.8 Å². The van der Waals surface area contributed by atoms with Crippen LogP contribution in [0.25, 0.3) is 28.1 Å². The van der Waals surface area contributed by atoms with Crippen LogP contribution in [0.5, 0.6) is 0 Å². The minimum absolute atomic E-state index is 0.000396. The van der Waals surface area contributed by atoms with Crippen LogP contribution in [-0.2, 0) is 4.74 Å². The maximum Gasteiger partial charge on any atom is 0.408 e. The molecule has 1 aliphatic rings. The van der Waals surface area contributed by atoms with Crippen LogP contribution >= 0.6 is 15.9 Å². The van der Waals surface area contributed by atoms with Crippen LogP contribution in [0.4, 0.5) is 22.4 Å². The van der Waals surface area contributed by atoms with Crippen molar-refractivity contribution in [1.82, 2.24) is 29.8 Å². The smallest absolute Gasteiger partial charge is 0.408 e. The van der Waals surface area contributed by atoms with Crippen molar-refractivity contribution < 1.29 is 27.1 Å². The van der Waals surface area contributed by atoms with Crippen LogP contribution in [0.3, 0.4) is 0 Å². The molecule has 3 aromatic heterocycles. The number of carbonyl (C=O) groups excluding carboxylic acids is 1. The summed E-state index contributed by atoms with van der Waals surface area (Å²) in [4.78, 5) is 18.0. The van der Waals surface area contributed by atoms with E-state index >= 15 is 0 Å². The van der Waals surface area contributed by atoms with E-state index in [4.69, 9.17) is 4.74 Å². The second kappa shape index (κ2) is 10.0. The number of alkyl halides is 3. The lowest BCUT2D eigenvalue weighted by molar-refractivity contribution is -0.184. The lowest BCUT2D eigenvalue weighted by atomic mass is 10.1. The Hall–Kier alpha value is -3.32. The third-order valence-corrected chi connectivity index (χ3v) is 6.92. The van der Waals surface area contributed by atoms with Gasteiger partial charge in [-0.2, -0.15) is 13.2 Å². The predicted molar refractivity (Wildman–Crippen MR) is 140 cm³/mol. The maximum atomic E-state index is 14.4. The number of halogens is 5. The van der Waals surface area contributed by atoms with Crippen molar-refractivity contribution >= 4 is 38.6 Å². The SMILES string of the molecule is CC(C)(C)OC(=O)N[C@H]1CCN([C@H](c2ccc3nnc(-c4ccc5cc(F)c(Br)cc5n4)n3c2)C(F)(F)F)C1. The molecular formula is C26H25BrF4N6O2. The normalized spacial score (nSPS) is 17.6. The maximum absolute atomic E-state index is 14.4. The lowest BCUT2D eigenvalue weighted by Crippen LogP contribution is -2.42. The van der Waals surface area contributed by atoms with Gasteiger partial charge in [-0.05, 0) is 73.0 Å². The minimum Gasteiger partial charge on any atom is -0.444 e. The zero-order chi connectivity index (χ0) is 28.1. The first-order chi connectivity index (χ1) is 18.3. The van der Waals surface area contributed by atoms with E-state index in [1.54, 1.807) is 32.9 Å². The zero-order valence-corrected chi connectivity index (χ0v) is 22.8. The molecule has 1 saturated heterocycles. The molecule has 13 heteroatoms. The average molecular weight is 609 g/mol. The Labute approximate surface area is 229 Å². The van der Waals surface area contributed by atoms with Crippen molar-refractivity contribution in [3.63, 3.8) is 0 Å². The second-order valence-electron chi connectivity index (χ2n) is 10.4. The molecule has 1 aliphatic heterocycles. The van der Waals surface area contributed by atoms with Crippen LogP contribution in [0, 0.1) is 5.82 Å². The van der Waals surface area contributed by atoms with Gasteiger partial charge in [0.1, 0.15) is 23.2 Å². The summed E-state index contributed by atoms with van der Waals surface area (Å²) in [6.07, 6.45) is -3.53. The van der Waals surface area contributed by atoms with Gasteiger partial charge in [-0.15, -0.1) is 10.2 Å². The highest BCUT2D eigenvalue weighted by Crippen LogP contribution is 2.40. The van der Waals surface area contributed by atoms with E-state index < -0.39 is 35.8 Å². The molecule has 4 heterocycles. The molecule has 2 atom stereocenters. The Bertz CT molecular complexity index is 1550. The number of carbonyl (C=O) groups is 1. The van der Waals surface area contributed by atoms with Gasteiger partial charge in [-0.1, -0.05) is 12.1 Å². The molecule has 0 bridgehead atoms. The van der Waals surface area contributed by atoms with Crippen molar-refractivity contribution in [2.24, 2.45) is 0 Å². The molecular weight excluding hydrogens is 584 g/mol. The molecule has 1 aromatic carbocycles. The summed E-state index contributed by atoms with van der Waals surface area (Å²) in [5.74, 6) is -0.181. The number of alkyl carbamates (subject to hydrolysis) is 1. The lowest BCUT2D eigenvalue weighted by Gasteiger charge is -2.30. The predicted octanol–water partition coefficient (Wildman–Crippen LogP) is 6.05. The van der Waals surface area contributed by atoms with Crippen LogP contribution in [0.15, 0.2) is 47.1 Å². The second-order valence-corrected chi connectivity index (χ2v) is 11.3. The molecule has 0 aliphatic carbocycles. The number of pyridine rings is 2. The zero-order valence-electron chi connectivity index (χ0n) is 21.3. The summed E-state index contributed by atoms with van der Waals surface area (Å²) in [5.41, 5.74) is 0.497. The van der Waals surface area contributed by atoms with Crippen LogP contribution in [-0.4, -0.2) is 61.5 Å². The van der Waals surface area contributed by atoms with Crippen molar-refractivity contribution in [1.29, 1.82) is 0 Å². The summed E-state index contributed by atoms with van der Waals surface area (Å²) >= 11 is 3.15. The number of hydrogen-bond acceptors (Lipinski definition) is 6. The third-order valence-electron chi connectivity index (χ3n) is 6.32. The number of likely N-dealkylation sites (tertiary alicyclic amines) is 1. The van der Waals surface area contributed by atoms with Gasteiger partial charge < -0.3 is 10.1 Å². The molecule has 0 spiro atoms. The summed E-state index contributed by atoms with van der Waals surface area (Å²) in [7, 11) is 0.